The number of aryl methyl sites for hydroxylation is 1. The topological polar surface area (TPSA) is 73.8 Å². The van der Waals surface area contributed by atoms with E-state index >= 15 is 0 Å². The lowest BCUT2D eigenvalue weighted by atomic mass is 9.93. The predicted octanol–water partition coefficient (Wildman–Crippen LogP) is 4.49. The molecular weight excluding hydrogens is 452 g/mol. The Morgan fingerprint density at radius 2 is 1.86 bits per heavy atom. The molecule has 3 rings (SSSR count). The number of rotatable bonds is 8. The third kappa shape index (κ3) is 7.64. The second-order valence-corrected chi connectivity index (χ2v) is 10.2. The molecule has 0 saturated carbocycles. The summed E-state index contributed by atoms with van der Waals surface area (Å²) in [6.07, 6.45) is 0.115. The van der Waals surface area contributed by atoms with E-state index in [2.05, 4.69) is 47.7 Å². The molecule has 1 heterocycles. The zero-order valence-electron chi connectivity index (χ0n) is 21.2. The molecule has 3 N–H and O–H groups in total. The first kappa shape index (κ1) is 26.9. The average molecular weight is 490 g/mol. The van der Waals surface area contributed by atoms with Gasteiger partial charge in [-0.1, -0.05) is 19.1 Å². The van der Waals surface area contributed by atoms with Crippen molar-refractivity contribution in [2.24, 2.45) is 0 Å². The highest BCUT2D eigenvalue weighted by atomic mass is 19.1. The van der Waals surface area contributed by atoms with Crippen molar-refractivity contribution in [2.75, 3.05) is 25.0 Å². The van der Waals surface area contributed by atoms with Crippen LogP contribution in [0.1, 0.15) is 56.8 Å². The number of amides is 1. The van der Waals surface area contributed by atoms with E-state index in [0.29, 0.717) is 5.56 Å². The number of nitrogens with zero attached hydrogens (tertiary/aromatic N) is 1. The highest BCUT2D eigenvalue weighted by molar-refractivity contribution is 5.68. The molecule has 0 bridgehead atoms. The van der Waals surface area contributed by atoms with Crippen LogP contribution in [0.15, 0.2) is 36.4 Å². The van der Waals surface area contributed by atoms with Crippen LogP contribution in [0.5, 0.6) is 0 Å². The third-order valence-corrected chi connectivity index (χ3v) is 6.16. The summed E-state index contributed by atoms with van der Waals surface area (Å²) in [6.45, 7) is 8.39. The Kier molecular flexibility index (Phi) is 8.72. The molecule has 0 fully saturated rings. The normalized spacial score (nSPS) is 17.5. The van der Waals surface area contributed by atoms with Crippen molar-refractivity contribution >= 4 is 11.8 Å². The maximum absolute atomic E-state index is 13.8. The van der Waals surface area contributed by atoms with Gasteiger partial charge in [0, 0.05) is 37.9 Å². The van der Waals surface area contributed by atoms with Crippen LogP contribution in [0.3, 0.4) is 0 Å². The second-order valence-electron chi connectivity index (χ2n) is 10.2. The van der Waals surface area contributed by atoms with Crippen molar-refractivity contribution in [2.45, 2.75) is 70.7 Å². The summed E-state index contributed by atoms with van der Waals surface area (Å²) < 4.78 is 32.9. The van der Waals surface area contributed by atoms with Crippen LogP contribution in [0, 0.1) is 11.6 Å². The van der Waals surface area contributed by atoms with Gasteiger partial charge in [-0.05, 0) is 74.9 Å². The molecule has 1 aliphatic rings. The number of benzene rings is 2. The number of fused-ring (bicyclic) bond motifs is 1. The molecule has 1 amide bonds. The maximum atomic E-state index is 13.8. The maximum Gasteiger partial charge on any atom is 0.407 e. The molecule has 192 valence electrons. The van der Waals surface area contributed by atoms with Crippen LogP contribution < -0.4 is 15.5 Å². The molecule has 3 atom stereocenters. The molecule has 35 heavy (non-hydrogen) atoms. The minimum absolute atomic E-state index is 0.0381. The van der Waals surface area contributed by atoms with Crippen molar-refractivity contribution in [1.29, 1.82) is 0 Å². The summed E-state index contributed by atoms with van der Waals surface area (Å²) in [5.41, 5.74) is 3.18. The monoisotopic (exact) mass is 489 g/mol. The summed E-state index contributed by atoms with van der Waals surface area (Å²) in [5.74, 6) is -1.42. The first-order chi connectivity index (χ1) is 16.4. The van der Waals surface area contributed by atoms with Crippen molar-refractivity contribution in [1.82, 2.24) is 10.6 Å². The highest BCUT2D eigenvalue weighted by Gasteiger charge is 2.28. The molecule has 2 unspecified atom stereocenters. The van der Waals surface area contributed by atoms with Crippen LogP contribution in [-0.2, 0) is 17.6 Å². The number of hydrogen-bond acceptors (Lipinski definition) is 5. The van der Waals surface area contributed by atoms with Gasteiger partial charge >= 0.3 is 6.09 Å². The highest BCUT2D eigenvalue weighted by Crippen LogP contribution is 2.34. The van der Waals surface area contributed by atoms with Crippen LogP contribution >= 0.6 is 0 Å². The summed E-state index contributed by atoms with van der Waals surface area (Å²) in [6, 6.07) is 8.87. The molecule has 6 nitrogen and oxygen atoms in total. The molecule has 0 radical (unpaired) electrons. The quantitative estimate of drug-likeness (QED) is 0.509. The Labute approximate surface area is 206 Å². The number of hydrogen-bond donors (Lipinski definition) is 3. The molecule has 0 saturated heterocycles. The molecule has 8 heteroatoms. The van der Waals surface area contributed by atoms with Gasteiger partial charge in [0.05, 0.1) is 12.1 Å². The van der Waals surface area contributed by atoms with Crippen LogP contribution in [0.2, 0.25) is 0 Å². The van der Waals surface area contributed by atoms with Crippen molar-refractivity contribution in [3.63, 3.8) is 0 Å². The van der Waals surface area contributed by atoms with Crippen LogP contribution in [0.4, 0.5) is 19.3 Å². The third-order valence-electron chi connectivity index (χ3n) is 6.16. The fourth-order valence-electron chi connectivity index (χ4n) is 4.39. The summed E-state index contributed by atoms with van der Waals surface area (Å²) >= 11 is 0. The molecule has 0 aliphatic carbocycles. The van der Waals surface area contributed by atoms with Crippen LogP contribution in [-0.4, -0.2) is 49.1 Å². The number of carbonyl (C=O) groups is 1. The van der Waals surface area contributed by atoms with E-state index in [1.165, 1.54) is 23.3 Å². The second kappa shape index (κ2) is 11.4. The number of ether oxygens (including phenoxy) is 1. The lowest BCUT2D eigenvalue weighted by Gasteiger charge is -2.35. The van der Waals surface area contributed by atoms with Gasteiger partial charge in [-0.15, -0.1) is 0 Å². The number of carbonyl (C=O) groups excluding carboxylic acids is 1. The van der Waals surface area contributed by atoms with Gasteiger partial charge in [0.1, 0.15) is 17.2 Å². The van der Waals surface area contributed by atoms with Crippen LogP contribution in [0.25, 0.3) is 0 Å². The zero-order valence-corrected chi connectivity index (χ0v) is 21.2. The first-order valence-electron chi connectivity index (χ1n) is 12.1. The Hall–Kier alpha value is -2.71. The molecular formula is C27H37F2N3O3. The Morgan fingerprint density at radius 3 is 2.49 bits per heavy atom. The minimum atomic E-state index is -1.02. The van der Waals surface area contributed by atoms with E-state index < -0.39 is 35.5 Å². The predicted molar refractivity (Wildman–Crippen MR) is 134 cm³/mol. The van der Waals surface area contributed by atoms with Gasteiger partial charge in [-0.3, -0.25) is 0 Å². The number of alkyl carbamates (subject to hydrolysis) is 1. The van der Waals surface area contributed by atoms with E-state index in [-0.39, 0.29) is 19.0 Å². The summed E-state index contributed by atoms with van der Waals surface area (Å²) in [7, 11) is 2.06. The van der Waals surface area contributed by atoms with E-state index in [1.54, 1.807) is 20.8 Å². The number of anilines is 1. The minimum Gasteiger partial charge on any atom is -0.444 e. The van der Waals surface area contributed by atoms with E-state index in [9.17, 15) is 18.7 Å². The van der Waals surface area contributed by atoms with Gasteiger partial charge in [0.2, 0.25) is 0 Å². The van der Waals surface area contributed by atoms with E-state index in [4.69, 9.17) is 4.74 Å². The summed E-state index contributed by atoms with van der Waals surface area (Å²) in [5, 5.41) is 17.2. The average Bonchev–Trinajstić information content (AvgIpc) is 2.75. The van der Waals surface area contributed by atoms with Gasteiger partial charge in [-0.2, -0.15) is 0 Å². The Balaban J connectivity index is 1.75. The number of aliphatic hydroxyl groups is 1. The van der Waals surface area contributed by atoms with Crippen molar-refractivity contribution in [3.05, 3.63) is 64.7 Å². The molecule has 0 spiro atoms. The standard InChI is InChI=1S/C27H37F2N3O3/c1-6-17-7-8-24-21(13-17)22(9-10-32(24)5)30-16-25(33)23(31-26(34)35-27(2,3)4)14-18-11-19(28)15-20(29)12-18/h7-8,11-13,15,22-23,25,30,33H,6,9-10,14,16H2,1-5H3,(H,31,34)/t22?,23?,25-/m1/s1. The first-order valence-corrected chi connectivity index (χ1v) is 12.1. The zero-order chi connectivity index (χ0) is 25.8. The Morgan fingerprint density at radius 1 is 1.17 bits per heavy atom. The largest absolute Gasteiger partial charge is 0.444 e. The molecule has 2 aromatic carbocycles. The van der Waals surface area contributed by atoms with E-state index in [1.807, 2.05) is 0 Å². The summed E-state index contributed by atoms with van der Waals surface area (Å²) in [4.78, 5) is 14.7. The van der Waals surface area contributed by atoms with Gasteiger partial charge < -0.3 is 25.4 Å². The fourth-order valence-corrected chi connectivity index (χ4v) is 4.39. The lowest BCUT2D eigenvalue weighted by Crippen LogP contribution is -2.50. The molecule has 1 aliphatic heterocycles. The number of aliphatic hydroxyl groups excluding tert-OH is 1. The lowest BCUT2D eigenvalue weighted by molar-refractivity contribution is 0.0419. The van der Waals surface area contributed by atoms with Gasteiger partial charge in [-0.25, -0.2) is 13.6 Å². The molecule has 0 aromatic heterocycles. The van der Waals surface area contributed by atoms with Gasteiger partial charge in [0.25, 0.3) is 0 Å². The number of nitrogens with one attached hydrogen (secondary N) is 2. The number of halogens is 2. The SMILES string of the molecule is CCc1ccc2c(c1)C(NC[C@@H](O)C(Cc1cc(F)cc(F)c1)NC(=O)OC(C)(C)C)CCN2C. The molecule has 2 aromatic rings. The smallest absolute Gasteiger partial charge is 0.407 e. The van der Waals surface area contributed by atoms with Gasteiger partial charge in [0.15, 0.2) is 0 Å². The van der Waals surface area contributed by atoms with Crippen molar-refractivity contribution in [3.8, 4) is 0 Å². The van der Waals surface area contributed by atoms with E-state index in [0.717, 1.165) is 31.1 Å². The fraction of sp³-hybridized carbons (Fsp3) is 0.519. The Bertz CT molecular complexity index is 1000. The van der Waals surface area contributed by atoms with Crippen molar-refractivity contribution < 1.29 is 23.4 Å².